The van der Waals surface area contributed by atoms with E-state index in [4.69, 9.17) is 0 Å². The summed E-state index contributed by atoms with van der Waals surface area (Å²) >= 11 is 8.19. The van der Waals surface area contributed by atoms with Gasteiger partial charge in [0, 0.05) is 0 Å². The standard InChI is InChI=1S/C40H64B4N4S4/c1-25(2)45(26(3)4)41-33-17-19-35(49-33)42(46(27(5)6)28(7)8)37-21-23-39(51-37)44(48(31(13)14)32(15)16)40-24-22-38(52-40)43(36-20-18-34(41)50-36)47(29(9)10)30(11)12/h17-32H,1-16H3. The van der Waals surface area contributed by atoms with Gasteiger partial charge in [-0.1, -0.05) is 159 Å². The van der Waals surface area contributed by atoms with E-state index in [1.54, 1.807) is 0 Å². The van der Waals surface area contributed by atoms with Gasteiger partial charge in [-0.2, -0.15) is 45.3 Å². The van der Waals surface area contributed by atoms with Crippen molar-refractivity contribution >= 4 is 111 Å². The van der Waals surface area contributed by atoms with Crippen molar-refractivity contribution in [2.75, 3.05) is 0 Å². The first-order chi connectivity index (χ1) is 24.4. The van der Waals surface area contributed by atoms with Crippen molar-refractivity contribution in [3.05, 3.63) is 48.5 Å². The molecule has 0 atom stereocenters. The topological polar surface area (TPSA) is 13.0 Å². The van der Waals surface area contributed by atoms with Crippen molar-refractivity contribution in [3.8, 4) is 0 Å². The molecule has 0 spiro atoms. The molecule has 0 saturated carbocycles. The first-order valence-corrected chi connectivity index (χ1v) is 23.2. The van der Waals surface area contributed by atoms with Crippen LogP contribution in [-0.2, 0) is 0 Å². The summed E-state index contributed by atoms with van der Waals surface area (Å²) in [5, 5.41) is 0. The van der Waals surface area contributed by atoms with Gasteiger partial charge in [0.25, 0.3) is 0 Å². The third kappa shape index (κ3) is 8.50. The maximum absolute atomic E-state index is 2.74. The number of rotatable bonds is 12. The van der Waals surface area contributed by atoms with E-state index in [0.717, 1.165) is 0 Å². The highest BCUT2D eigenvalue weighted by molar-refractivity contribution is 7.44. The van der Waals surface area contributed by atoms with Gasteiger partial charge in [-0.25, -0.2) is 0 Å². The third-order valence-corrected chi connectivity index (χ3v) is 15.5. The predicted octanol–water partition coefficient (Wildman–Crippen LogP) is 5.14. The molecule has 1 aliphatic heterocycles. The lowest BCUT2D eigenvalue weighted by Crippen LogP contribution is -2.62. The van der Waals surface area contributed by atoms with Gasteiger partial charge in [0.15, 0.2) is 0 Å². The summed E-state index contributed by atoms with van der Waals surface area (Å²) < 4.78 is 11.6. The van der Waals surface area contributed by atoms with Crippen LogP contribution in [0.4, 0.5) is 0 Å². The second-order valence-corrected chi connectivity index (χ2v) is 21.7. The highest BCUT2D eigenvalue weighted by Gasteiger charge is 2.42. The molecule has 8 bridgehead atoms. The van der Waals surface area contributed by atoms with Crippen LogP contribution in [0, 0.1) is 0 Å². The van der Waals surface area contributed by atoms with E-state index in [1.807, 2.05) is 45.3 Å². The molecule has 52 heavy (non-hydrogen) atoms. The monoisotopic (exact) mass is 772 g/mol. The number of nitrogens with zero attached hydrogens (tertiary/aromatic N) is 4. The zero-order chi connectivity index (χ0) is 38.3. The van der Waals surface area contributed by atoms with Crippen LogP contribution >= 0.6 is 45.3 Å². The zero-order valence-corrected chi connectivity index (χ0v) is 38.2. The van der Waals surface area contributed by atoms with Crippen LogP contribution < -0.4 is 38.2 Å². The molecule has 0 N–H and O–H groups in total. The average molecular weight is 772 g/mol. The molecule has 4 aromatic rings. The molecule has 0 amide bonds. The Balaban J connectivity index is 1.86. The van der Waals surface area contributed by atoms with Crippen LogP contribution in [0.2, 0.25) is 0 Å². The first-order valence-electron chi connectivity index (χ1n) is 19.9. The Bertz CT molecular complexity index is 1370. The van der Waals surface area contributed by atoms with E-state index < -0.39 is 0 Å². The minimum atomic E-state index is 0.206. The summed E-state index contributed by atoms with van der Waals surface area (Å²) in [5.74, 6) is 0. The van der Waals surface area contributed by atoms with E-state index >= 15 is 0 Å². The van der Waals surface area contributed by atoms with Crippen molar-refractivity contribution in [1.82, 2.24) is 19.2 Å². The molecule has 0 unspecified atom stereocenters. The molecular weight excluding hydrogens is 708 g/mol. The Morgan fingerprint density at radius 1 is 0.269 bits per heavy atom. The molecule has 280 valence electrons. The number of hydrogen-bond donors (Lipinski definition) is 0. The minimum Gasteiger partial charge on any atom is -0.329 e. The van der Waals surface area contributed by atoms with Crippen molar-refractivity contribution in [1.29, 1.82) is 0 Å². The summed E-state index contributed by atoms with van der Waals surface area (Å²) in [4.78, 5) is 11.0. The third-order valence-electron chi connectivity index (χ3n) is 10.7. The quantitative estimate of drug-likeness (QED) is 0.185. The van der Waals surface area contributed by atoms with E-state index in [-0.39, 0.29) is 27.4 Å². The maximum atomic E-state index is 2.74. The van der Waals surface area contributed by atoms with Crippen LogP contribution in [0.15, 0.2) is 48.5 Å². The SMILES string of the molecule is CC(C)N(B1c2ccc(s2)B(N(C(C)C)C(C)C)c2ccc(s2)B(N(C(C)C)C(C)C)c2ccc(s2)B(N(C(C)C)C(C)C)c2ccc1s2)C(C)C. The molecule has 1 aliphatic rings. The predicted molar refractivity (Wildman–Crippen MR) is 246 cm³/mol. The van der Waals surface area contributed by atoms with Gasteiger partial charge in [0.1, 0.15) is 0 Å². The van der Waals surface area contributed by atoms with Crippen LogP contribution in [-0.4, -0.2) is 95.0 Å². The van der Waals surface area contributed by atoms with Gasteiger partial charge < -0.3 is 19.2 Å². The van der Waals surface area contributed by atoms with Crippen LogP contribution in [0.5, 0.6) is 0 Å². The van der Waals surface area contributed by atoms with E-state index in [1.165, 1.54) is 38.2 Å². The van der Waals surface area contributed by atoms with Crippen LogP contribution in [0.25, 0.3) is 0 Å². The second-order valence-electron chi connectivity index (χ2n) is 17.1. The molecule has 4 aromatic heterocycles. The molecule has 0 radical (unpaired) electrons. The molecule has 5 rings (SSSR count). The molecule has 12 heteroatoms. The second kappa shape index (κ2) is 17.4. The molecular formula is C40H64B4N4S4. The Morgan fingerprint density at radius 3 is 0.481 bits per heavy atom. The maximum Gasteiger partial charge on any atom is 0.313 e. The van der Waals surface area contributed by atoms with Gasteiger partial charge in [-0.15, -0.1) is 0 Å². The molecule has 0 saturated heterocycles. The van der Waals surface area contributed by atoms with Gasteiger partial charge in [-0.05, 0) is 86.5 Å². The average Bonchev–Trinajstić information content (AvgIpc) is 3.85. The summed E-state index contributed by atoms with van der Waals surface area (Å²) in [6.45, 7) is 38.8. The summed E-state index contributed by atoms with van der Waals surface area (Å²) in [5.41, 5.74) is 0. The molecule has 0 fully saturated rings. The highest BCUT2D eigenvalue weighted by Crippen LogP contribution is 2.20. The van der Waals surface area contributed by atoms with Crippen molar-refractivity contribution < 1.29 is 0 Å². The van der Waals surface area contributed by atoms with Gasteiger partial charge in [0.2, 0.25) is 0 Å². The smallest absolute Gasteiger partial charge is 0.313 e. The lowest BCUT2D eigenvalue weighted by atomic mass is 9.54. The first kappa shape index (κ1) is 42.1. The molecule has 5 heterocycles. The Kier molecular flexibility index (Phi) is 14.0. The number of fused-ring (bicyclic) bond motifs is 8. The van der Waals surface area contributed by atoms with Gasteiger partial charge >= 0.3 is 27.4 Å². The lowest BCUT2D eigenvalue weighted by Gasteiger charge is -2.37. The number of thiophene rings is 4. The Morgan fingerprint density at radius 2 is 0.385 bits per heavy atom. The lowest BCUT2D eigenvalue weighted by molar-refractivity contribution is 0.310. The Hall–Kier alpha value is -1.10. The molecule has 4 nitrogen and oxygen atoms in total. The molecule has 0 aromatic carbocycles. The Labute approximate surface area is 335 Å². The van der Waals surface area contributed by atoms with Gasteiger partial charge in [0.05, 0.1) is 0 Å². The fourth-order valence-electron chi connectivity index (χ4n) is 9.16. The number of hydrogen-bond acceptors (Lipinski definition) is 8. The van der Waals surface area contributed by atoms with E-state index in [9.17, 15) is 0 Å². The van der Waals surface area contributed by atoms with Crippen molar-refractivity contribution in [2.45, 2.75) is 159 Å². The minimum absolute atomic E-state index is 0.206. The summed E-state index contributed by atoms with van der Waals surface area (Å²) in [6, 6.07) is 23.0. The van der Waals surface area contributed by atoms with Crippen molar-refractivity contribution in [2.24, 2.45) is 0 Å². The largest absolute Gasteiger partial charge is 0.329 e. The zero-order valence-electron chi connectivity index (χ0n) is 35.0. The fourth-order valence-corrected chi connectivity index (χ4v) is 14.5. The highest BCUT2D eigenvalue weighted by atomic mass is 32.1. The normalized spacial score (nSPS) is 14.5. The molecule has 0 aliphatic carbocycles. The van der Waals surface area contributed by atoms with Gasteiger partial charge in [-0.3, -0.25) is 0 Å². The van der Waals surface area contributed by atoms with Crippen LogP contribution in [0.1, 0.15) is 111 Å². The summed E-state index contributed by atoms with van der Waals surface area (Å²) in [6.07, 6.45) is 0. The van der Waals surface area contributed by atoms with Crippen molar-refractivity contribution in [3.63, 3.8) is 0 Å². The fraction of sp³-hybridized carbons (Fsp3) is 0.600. The van der Waals surface area contributed by atoms with E-state index in [0.29, 0.717) is 48.3 Å². The summed E-state index contributed by atoms with van der Waals surface area (Å²) in [7, 11) is 0. The van der Waals surface area contributed by atoms with E-state index in [2.05, 4.69) is 179 Å². The van der Waals surface area contributed by atoms with Crippen LogP contribution in [0.3, 0.4) is 0 Å².